The molecule has 0 fully saturated rings. The van der Waals surface area contributed by atoms with Crippen LogP contribution in [0.5, 0.6) is 0 Å². The molecule has 0 rings (SSSR count). The van der Waals surface area contributed by atoms with Crippen molar-refractivity contribution < 1.29 is 19.1 Å². The summed E-state index contributed by atoms with van der Waals surface area (Å²) in [5.74, 6) is 1.81. The Bertz CT molecular complexity index is 690. The van der Waals surface area contributed by atoms with Crippen LogP contribution in [0.2, 0.25) is 0 Å². The number of hydrogen-bond donors (Lipinski definition) is 2. The van der Waals surface area contributed by atoms with Gasteiger partial charge in [0.05, 0.1) is 13.0 Å². The number of rotatable bonds is 30. The number of unbranched alkanes of at least 4 members (excludes halogenated alkanes) is 10. The predicted octanol–water partition coefficient (Wildman–Crippen LogP) is 7.76. The second-order valence-electron chi connectivity index (χ2n) is 12.9. The topological polar surface area (TPSA) is 87.7 Å². The first kappa shape index (κ1) is 41.7. The Morgan fingerprint density at radius 3 is 1.93 bits per heavy atom. The van der Waals surface area contributed by atoms with E-state index in [1.807, 2.05) is 19.0 Å². The molecule has 0 aromatic carbocycles. The highest BCUT2D eigenvalue weighted by atomic mass is 32.2. The quantitative estimate of drug-likeness (QED) is 0.0625. The van der Waals surface area contributed by atoms with Crippen molar-refractivity contribution in [2.45, 2.75) is 149 Å². The lowest BCUT2D eigenvalue weighted by Gasteiger charge is -2.23. The van der Waals surface area contributed by atoms with Crippen LogP contribution < -0.4 is 10.6 Å². The number of hydrogen-bond acceptors (Lipinski definition) is 6. The van der Waals surface area contributed by atoms with E-state index in [0.717, 1.165) is 57.4 Å². The van der Waals surface area contributed by atoms with Crippen molar-refractivity contribution >= 4 is 29.5 Å². The van der Waals surface area contributed by atoms with Gasteiger partial charge in [0, 0.05) is 24.8 Å². The Morgan fingerprint density at radius 2 is 1.30 bits per heavy atom. The fourth-order valence-corrected chi connectivity index (χ4v) is 5.95. The number of likely N-dealkylation sites (N-methyl/N-ethyl adjacent to an activating group) is 1. The Labute approximate surface area is 270 Å². The standard InChI is InChI=1S/C35H69N3O4S/c1-7-9-11-13-14-18-22-31(21-17-12-10-8-2)34(40)37-32(35(41)36-25-26-38(5)6)23-28-43-29-24-33(39)42-27-19-15-16-20-30(3)4/h30-32H,7-29H2,1-6H3,(H,36,41)(H,37,40). The number of carbonyl (C=O) groups excluding carboxylic acids is 3. The van der Waals surface area contributed by atoms with Crippen LogP contribution in [0.4, 0.5) is 0 Å². The largest absolute Gasteiger partial charge is 0.466 e. The second kappa shape index (κ2) is 29.4. The molecule has 0 aromatic heterocycles. The average molecular weight is 628 g/mol. The minimum atomic E-state index is -0.553. The molecule has 254 valence electrons. The second-order valence-corrected chi connectivity index (χ2v) is 14.1. The number of thioether (sulfide) groups is 1. The van der Waals surface area contributed by atoms with Crippen LogP contribution in [0.3, 0.4) is 0 Å². The van der Waals surface area contributed by atoms with Gasteiger partial charge in [-0.25, -0.2) is 0 Å². The number of nitrogens with zero attached hydrogens (tertiary/aromatic N) is 1. The van der Waals surface area contributed by atoms with E-state index < -0.39 is 6.04 Å². The van der Waals surface area contributed by atoms with E-state index in [1.54, 1.807) is 11.8 Å². The maximum atomic E-state index is 13.5. The van der Waals surface area contributed by atoms with Crippen LogP contribution in [-0.4, -0.2) is 74.0 Å². The van der Waals surface area contributed by atoms with Gasteiger partial charge in [0.2, 0.25) is 11.8 Å². The molecular formula is C35H69N3O4S. The van der Waals surface area contributed by atoms with E-state index >= 15 is 0 Å². The van der Waals surface area contributed by atoms with Gasteiger partial charge < -0.3 is 20.3 Å². The van der Waals surface area contributed by atoms with Crippen LogP contribution >= 0.6 is 11.8 Å². The third-order valence-corrected chi connectivity index (χ3v) is 8.88. The highest BCUT2D eigenvalue weighted by Crippen LogP contribution is 2.20. The molecule has 0 radical (unpaired) electrons. The molecule has 2 N–H and O–H groups in total. The summed E-state index contributed by atoms with van der Waals surface area (Å²) in [6.45, 7) is 10.7. The summed E-state index contributed by atoms with van der Waals surface area (Å²) < 4.78 is 5.39. The van der Waals surface area contributed by atoms with E-state index in [1.165, 1.54) is 57.8 Å². The summed E-state index contributed by atoms with van der Waals surface area (Å²) >= 11 is 1.64. The van der Waals surface area contributed by atoms with Gasteiger partial charge in [0.25, 0.3) is 0 Å². The first-order chi connectivity index (χ1) is 20.7. The zero-order chi connectivity index (χ0) is 32.1. The molecule has 2 atom stereocenters. The summed E-state index contributed by atoms with van der Waals surface area (Å²) in [7, 11) is 3.96. The molecule has 2 unspecified atom stereocenters. The van der Waals surface area contributed by atoms with Crippen molar-refractivity contribution in [3.05, 3.63) is 0 Å². The first-order valence-corrected chi connectivity index (χ1v) is 18.8. The Hall–Kier alpha value is -1.28. The number of esters is 1. The lowest BCUT2D eigenvalue weighted by atomic mass is 9.93. The van der Waals surface area contributed by atoms with Gasteiger partial charge >= 0.3 is 5.97 Å². The van der Waals surface area contributed by atoms with E-state index in [-0.39, 0.29) is 23.7 Å². The Kier molecular flexibility index (Phi) is 28.6. The van der Waals surface area contributed by atoms with Gasteiger partial charge in [0.15, 0.2) is 0 Å². The van der Waals surface area contributed by atoms with E-state index in [0.29, 0.717) is 37.5 Å². The van der Waals surface area contributed by atoms with Gasteiger partial charge in [-0.2, -0.15) is 11.8 Å². The summed E-state index contributed by atoms with van der Waals surface area (Å²) in [4.78, 5) is 40.7. The molecule has 0 heterocycles. The molecule has 0 aliphatic carbocycles. The van der Waals surface area contributed by atoms with Crippen molar-refractivity contribution in [2.75, 3.05) is 45.3 Å². The molecule has 0 aliphatic heterocycles. The van der Waals surface area contributed by atoms with Crippen LogP contribution in [0.15, 0.2) is 0 Å². The third kappa shape index (κ3) is 26.8. The van der Waals surface area contributed by atoms with Crippen molar-refractivity contribution in [1.82, 2.24) is 15.5 Å². The number of amides is 2. The number of ether oxygens (including phenoxy) is 1. The third-order valence-electron chi connectivity index (χ3n) is 7.86. The van der Waals surface area contributed by atoms with Crippen molar-refractivity contribution in [3.8, 4) is 0 Å². The SMILES string of the molecule is CCCCCCCCC(CCCCCC)C(=O)NC(CCSCCC(=O)OCCCCCC(C)C)C(=O)NCCN(C)C. The van der Waals surface area contributed by atoms with Gasteiger partial charge in [0.1, 0.15) is 6.04 Å². The molecule has 0 aromatic rings. The molecule has 0 spiro atoms. The summed E-state index contributed by atoms with van der Waals surface area (Å²) in [5.41, 5.74) is 0. The van der Waals surface area contributed by atoms with Crippen LogP contribution in [0, 0.1) is 11.8 Å². The van der Waals surface area contributed by atoms with Crippen LogP contribution in [0.25, 0.3) is 0 Å². The van der Waals surface area contributed by atoms with E-state index in [2.05, 4.69) is 38.3 Å². The smallest absolute Gasteiger partial charge is 0.306 e. The molecule has 0 saturated heterocycles. The highest BCUT2D eigenvalue weighted by Gasteiger charge is 2.25. The van der Waals surface area contributed by atoms with E-state index in [4.69, 9.17) is 4.74 Å². The van der Waals surface area contributed by atoms with E-state index in [9.17, 15) is 14.4 Å². The fraction of sp³-hybridized carbons (Fsp3) is 0.914. The average Bonchev–Trinajstić information content (AvgIpc) is 2.96. The maximum absolute atomic E-state index is 13.5. The van der Waals surface area contributed by atoms with Crippen molar-refractivity contribution in [1.29, 1.82) is 0 Å². The Morgan fingerprint density at radius 1 is 0.721 bits per heavy atom. The maximum Gasteiger partial charge on any atom is 0.306 e. The minimum Gasteiger partial charge on any atom is -0.466 e. The van der Waals surface area contributed by atoms with Gasteiger partial charge in [-0.05, 0) is 51.4 Å². The number of nitrogens with one attached hydrogen (secondary N) is 2. The van der Waals surface area contributed by atoms with Crippen molar-refractivity contribution in [3.63, 3.8) is 0 Å². The van der Waals surface area contributed by atoms with Gasteiger partial charge in [-0.1, -0.05) is 111 Å². The predicted molar refractivity (Wildman–Crippen MR) is 185 cm³/mol. The zero-order valence-electron chi connectivity index (χ0n) is 29.0. The lowest BCUT2D eigenvalue weighted by molar-refractivity contribution is -0.143. The first-order valence-electron chi connectivity index (χ1n) is 17.7. The molecule has 0 saturated carbocycles. The Balaban J connectivity index is 4.81. The van der Waals surface area contributed by atoms with Gasteiger partial charge in [-0.15, -0.1) is 0 Å². The molecule has 0 bridgehead atoms. The fourth-order valence-electron chi connectivity index (χ4n) is 5.03. The molecular weight excluding hydrogens is 558 g/mol. The highest BCUT2D eigenvalue weighted by molar-refractivity contribution is 7.99. The number of carbonyl (C=O) groups is 3. The monoisotopic (exact) mass is 628 g/mol. The summed E-state index contributed by atoms with van der Waals surface area (Å²) in [6.07, 6.45) is 19.0. The minimum absolute atomic E-state index is 0.0276. The molecule has 43 heavy (non-hydrogen) atoms. The molecule has 2 amide bonds. The summed E-state index contributed by atoms with van der Waals surface area (Å²) in [6, 6.07) is -0.553. The van der Waals surface area contributed by atoms with Crippen LogP contribution in [-0.2, 0) is 19.1 Å². The van der Waals surface area contributed by atoms with Crippen molar-refractivity contribution in [2.24, 2.45) is 11.8 Å². The molecule has 7 nitrogen and oxygen atoms in total. The molecule has 8 heteroatoms. The van der Waals surface area contributed by atoms with Crippen LogP contribution in [0.1, 0.15) is 143 Å². The van der Waals surface area contributed by atoms with Gasteiger partial charge in [-0.3, -0.25) is 14.4 Å². The molecule has 0 aliphatic rings. The lowest BCUT2D eigenvalue weighted by Crippen LogP contribution is -2.49. The normalized spacial score (nSPS) is 12.8. The summed E-state index contributed by atoms with van der Waals surface area (Å²) in [5, 5.41) is 6.15. The zero-order valence-corrected chi connectivity index (χ0v) is 29.8.